The van der Waals surface area contributed by atoms with Gasteiger partial charge in [0.2, 0.25) is 0 Å². The minimum atomic E-state index is -0.829. The second kappa shape index (κ2) is 9.12. The molecule has 0 bridgehead atoms. The lowest BCUT2D eigenvalue weighted by Gasteiger charge is -2.14. The summed E-state index contributed by atoms with van der Waals surface area (Å²) in [6, 6.07) is 8.87. The Morgan fingerprint density at radius 1 is 1.35 bits per heavy atom. The summed E-state index contributed by atoms with van der Waals surface area (Å²) in [5.41, 5.74) is 0.939. The molecule has 0 spiro atoms. The summed E-state index contributed by atoms with van der Waals surface area (Å²) in [7, 11) is 0. The number of rotatable bonds is 9. The van der Waals surface area contributed by atoms with Crippen molar-refractivity contribution in [2.24, 2.45) is 0 Å². The van der Waals surface area contributed by atoms with Crippen LogP contribution in [0.5, 0.6) is 11.8 Å². The lowest BCUT2D eigenvalue weighted by Crippen LogP contribution is -2.36. The summed E-state index contributed by atoms with van der Waals surface area (Å²) < 4.78 is 5.57. The van der Waals surface area contributed by atoms with Gasteiger partial charge >= 0.3 is 12.0 Å². The maximum atomic E-state index is 11.2. The Hall–Kier alpha value is -2.12. The van der Waals surface area contributed by atoms with Crippen molar-refractivity contribution in [3.8, 4) is 11.8 Å². The summed E-state index contributed by atoms with van der Waals surface area (Å²) in [6.45, 7) is 0.457. The predicted octanol–water partition coefficient (Wildman–Crippen LogP) is 2.56. The molecule has 2 aromatic rings. The quantitative estimate of drug-likeness (QED) is 0.729. The predicted molar refractivity (Wildman–Crippen MR) is 89.8 cm³/mol. The maximum Gasteiger partial charge on any atom is 0.321 e. The van der Waals surface area contributed by atoms with Gasteiger partial charge in [0.15, 0.2) is 0 Å². The molecule has 0 saturated heterocycles. The monoisotopic (exact) mass is 333 g/mol. The van der Waals surface area contributed by atoms with E-state index in [9.17, 15) is 9.90 Å². The molecule has 0 amide bonds. The molecule has 122 valence electrons. The topological polar surface area (TPSA) is 84.3 Å². The van der Waals surface area contributed by atoms with E-state index >= 15 is 0 Å². The van der Waals surface area contributed by atoms with Crippen LogP contribution in [0, 0.1) is 0 Å². The van der Waals surface area contributed by atoms with Crippen molar-refractivity contribution in [1.29, 1.82) is 0 Å². The van der Waals surface area contributed by atoms with E-state index in [1.54, 1.807) is 30.2 Å². The van der Waals surface area contributed by atoms with Crippen LogP contribution in [-0.2, 0) is 11.3 Å². The van der Waals surface area contributed by atoms with E-state index in [0.717, 1.165) is 11.3 Å². The van der Waals surface area contributed by atoms with Gasteiger partial charge in [-0.2, -0.15) is 11.8 Å². The van der Waals surface area contributed by atoms with E-state index in [2.05, 4.69) is 15.3 Å². The molecule has 1 heterocycles. The van der Waals surface area contributed by atoms with E-state index in [-0.39, 0.29) is 6.01 Å². The van der Waals surface area contributed by atoms with E-state index in [1.165, 1.54) is 0 Å². The average molecular weight is 333 g/mol. The van der Waals surface area contributed by atoms with Crippen molar-refractivity contribution >= 4 is 17.7 Å². The molecule has 1 unspecified atom stereocenters. The van der Waals surface area contributed by atoms with Gasteiger partial charge in [-0.3, -0.25) is 4.79 Å². The van der Waals surface area contributed by atoms with Crippen molar-refractivity contribution in [3.63, 3.8) is 0 Å². The van der Waals surface area contributed by atoms with Gasteiger partial charge in [0, 0.05) is 18.9 Å². The van der Waals surface area contributed by atoms with Crippen LogP contribution in [0.1, 0.15) is 12.0 Å². The molecule has 0 aliphatic carbocycles. The highest BCUT2D eigenvalue weighted by Crippen LogP contribution is 2.18. The highest BCUT2D eigenvalue weighted by Gasteiger charge is 2.15. The zero-order valence-corrected chi connectivity index (χ0v) is 13.6. The Bertz CT molecular complexity index is 625. The zero-order valence-electron chi connectivity index (χ0n) is 12.8. The fourth-order valence-electron chi connectivity index (χ4n) is 1.95. The molecular formula is C16H19N3O3S. The van der Waals surface area contributed by atoms with Crippen molar-refractivity contribution in [2.45, 2.75) is 19.0 Å². The maximum absolute atomic E-state index is 11.2. The number of thioether (sulfide) groups is 1. The number of benzene rings is 1. The number of hydrogen-bond acceptors (Lipinski definition) is 6. The number of aromatic nitrogens is 2. The van der Waals surface area contributed by atoms with Gasteiger partial charge < -0.3 is 15.2 Å². The molecule has 1 aromatic carbocycles. The van der Waals surface area contributed by atoms with Crippen LogP contribution in [0.15, 0.2) is 42.7 Å². The van der Waals surface area contributed by atoms with Gasteiger partial charge in [0.25, 0.3) is 0 Å². The molecule has 1 aromatic heterocycles. The molecule has 0 fully saturated rings. The first-order valence-electron chi connectivity index (χ1n) is 7.18. The average Bonchev–Trinajstić information content (AvgIpc) is 2.56. The zero-order chi connectivity index (χ0) is 16.5. The van der Waals surface area contributed by atoms with Crippen LogP contribution in [0.4, 0.5) is 0 Å². The molecule has 0 radical (unpaired) electrons. The van der Waals surface area contributed by atoms with Crippen molar-refractivity contribution in [3.05, 3.63) is 48.3 Å². The van der Waals surface area contributed by atoms with Crippen LogP contribution in [0.2, 0.25) is 0 Å². The standard InChI is InChI=1S/C16H19N3O3S/c1-23-9-6-14(15(20)21)19-11-12-4-2-5-13(10-12)22-16-17-7-3-8-18-16/h2-5,7-8,10,14,19H,6,9,11H2,1H3,(H,20,21). The summed E-state index contributed by atoms with van der Waals surface area (Å²) in [5.74, 6) is 0.592. The SMILES string of the molecule is CSCCC(NCc1cccc(Oc2ncccn2)c1)C(=O)O. The largest absolute Gasteiger partial charge is 0.480 e. The van der Waals surface area contributed by atoms with Crippen molar-refractivity contribution in [2.75, 3.05) is 12.0 Å². The number of nitrogens with zero attached hydrogens (tertiary/aromatic N) is 2. The number of nitrogens with one attached hydrogen (secondary N) is 1. The third-order valence-corrected chi connectivity index (χ3v) is 3.75. The Balaban J connectivity index is 1.95. The van der Waals surface area contributed by atoms with Crippen LogP contribution in [-0.4, -0.2) is 39.1 Å². The Morgan fingerprint density at radius 3 is 2.83 bits per heavy atom. The lowest BCUT2D eigenvalue weighted by molar-refractivity contribution is -0.139. The Kier molecular flexibility index (Phi) is 6.83. The minimum Gasteiger partial charge on any atom is -0.480 e. The van der Waals surface area contributed by atoms with E-state index in [4.69, 9.17) is 4.74 Å². The van der Waals surface area contributed by atoms with Crippen molar-refractivity contribution in [1.82, 2.24) is 15.3 Å². The van der Waals surface area contributed by atoms with Crippen molar-refractivity contribution < 1.29 is 14.6 Å². The molecule has 0 saturated carbocycles. The Morgan fingerprint density at radius 2 is 2.13 bits per heavy atom. The first-order valence-corrected chi connectivity index (χ1v) is 8.57. The first kappa shape index (κ1) is 17.2. The van der Waals surface area contributed by atoms with Gasteiger partial charge in [-0.1, -0.05) is 12.1 Å². The smallest absolute Gasteiger partial charge is 0.321 e. The van der Waals surface area contributed by atoms with Crippen LogP contribution >= 0.6 is 11.8 Å². The Labute approximate surface area is 139 Å². The van der Waals surface area contributed by atoms with Gasteiger partial charge in [-0.05, 0) is 42.2 Å². The summed E-state index contributed by atoms with van der Waals surface area (Å²) in [4.78, 5) is 19.2. The molecule has 2 N–H and O–H groups in total. The number of carboxylic acid groups (broad SMARTS) is 1. The molecule has 2 rings (SSSR count). The lowest BCUT2D eigenvalue weighted by atomic mass is 10.1. The van der Waals surface area contributed by atoms with E-state index < -0.39 is 12.0 Å². The fraction of sp³-hybridized carbons (Fsp3) is 0.312. The second-order valence-electron chi connectivity index (χ2n) is 4.83. The van der Waals surface area contributed by atoms with E-state index in [1.807, 2.05) is 30.5 Å². The van der Waals surface area contributed by atoms with E-state index in [0.29, 0.717) is 18.7 Å². The van der Waals surface area contributed by atoms with Gasteiger partial charge in [-0.15, -0.1) is 0 Å². The van der Waals surface area contributed by atoms with Gasteiger partial charge in [0.05, 0.1) is 0 Å². The molecule has 1 atom stereocenters. The number of hydrogen-bond donors (Lipinski definition) is 2. The third kappa shape index (κ3) is 5.88. The summed E-state index contributed by atoms with van der Waals surface area (Å²) in [6.07, 6.45) is 5.77. The number of carbonyl (C=O) groups is 1. The molecular weight excluding hydrogens is 314 g/mol. The normalized spacial score (nSPS) is 11.9. The van der Waals surface area contributed by atoms with Crippen LogP contribution in [0.3, 0.4) is 0 Å². The third-order valence-electron chi connectivity index (χ3n) is 3.11. The number of aliphatic carboxylic acids is 1. The highest BCUT2D eigenvalue weighted by atomic mass is 32.2. The summed E-state index contributed by atoms with van der Waals surface area (Å²) in [5, 5.41) is 12.3. The van der Waals surface area contributed by atoms with Crippen LogP contribution in [0.25, 0.3) is 0 Å². The van der Waals surface area contributed by atoms with Gasteiger partial charge in [-0.25, -0.2) is 9.97 Å². The molecule has 23 heavy (non-hydrogen) atoms. The molecule has 6 nitrogen and oxygen atoms in total. The highest BCUT2D eigenvalue weighted by molar-refractivity contribution is 7.98. The molecule has 0 aliphatic rings. The summed E-state index contributed by atoms with van der Waals surface area (Å²) >= 11 is 1.64. The van der Waals surface area contributed by atoms with Gasteiger partial charge in [0.1, 0.15) is 11.8 Å². The van der Waals surface area contributed by atoms with Crippen LogP contribution < -0.4 is 10.1 Å². The molecule has 7 heteroatoms. The molecule has 0 aliphatic heterocycles. The second-order valence-corrected chi connectivity index (χ2v) is 5.82. The fourth-order valence-corrected chi connectivity index (χ4v) is 2.42. The number of carboxylic acids is 1. The number of ether oxygens (including phenoxy) is 1. The minimum absolute atomic E-state index is 0.279. The first-order chi connectivity index (χ1) is 11.2.